The summed E-state index contributed by atoms with van der Waals surface area (Å²) in [6.45, 7) is 3.18. The minimum absolute atomic E-state index is 0.0558. The minimum atomic E-state index is -0.794. The molecule has 0 saturated carbocycles. The van der Waals surface area contributed by atoms with Crippen LogP contribution >= 0.6 is 0 Å². The molecule has 1 atom stereocenters. The Morgan fingerprint density at radius 1 is 1.45 bits per heavy atom. The zero-order chi connectivity index (χ0) is 16.3. The predicted octanol–water partition coefficient (Wildman–Crippen LogP) is 2.21. The lowest BCUT2D eigenvalue weighted by molar-refractivity contribution is -0.384. The Kier molecular flexibility index (Phi) is 4.35. The molecule has 0 aliphatic rings. The number of nitro groups is 1. The molecule has 1 heterocycles. The first-order valence-corrected chi connectivity index (χ1v) is 6.26. The molecule has 0 aliphatic carbocycles. The van der Waals surface area contributed by atoms with Gasteiger partial charge in [0.15, 0.2) is 11.9 Å². The van der Waals surface area contributed by atoms with Gasteiger partial charge in [0.2, 0.25) is 0 Å². The normalized spacial score (nSPS) is 11.8. The number of aryl methyl sites for hydroxylation is 1. The van der Waals surface area contributed by atoms with Crippen molar-refractivity contribution in [2.75, 3.05) is 7.11 Å². The summed E-state index contributed by atoms with van der Waals surface area (Å²) in [5.41, 5.74) is -0.297. The number of ether oxygens (including phenoxy) is 2. The molecule has 116 valence electrons. The molecule has 0 bridgehead atoms. The maximum atomic E-state index is 12.2. The van der Waals surface area contributed by atoms with Crippen molar-refractivity contribution >= 4 is 11.7 Å². The van der Waals surface area contributed by atoms with E-state index in [-0.39, 0.29) is 22.9 Å². The summed E-state index contributed by atoms with van der Waals surface area (Å²) in [6, 6.07) is 3.66. The fourth-order valence-electron chi connectivity index (χ4n) is 1.72. The quantitative estimate of drug-likeness (QED) is 0.468. The number of non-ortho nitro benzene ring substituents is 1. The number of nitro benzene ring substituents is 1. The molecule has 2 aromatic rings. The second-order valence-electron chi connectivity index (χ2n) is 4.37. The summed E-state index contributed by atoms with van der Waals surface area (Å²) in [6.07, 6.45) is -0.794. The molecule has 1 aromatic heterocycles. The highest BCUT2D eigenvalue weighted by molar-refractivity contribution is 5.93. The van der Waals surface area contributed by atoms with E-state index in [2.05, 4.69) is 10.1 Å². The van der Waals surface area contributed by atoms with Crippen LogP contribution in [-0.2, 0) is 4.74 Å². The summed E-state index contributed by atoms with van der Waals surface area (Å²) in [5, 5.41) is 14.4. The lowest BCUT2D eigenvalue weighted by Crippen LogP contribution is -2.11. The molecule has 2 rings (SSSR count). The van der Waals surface area contributed by atoms with Crippen molar-refractivity contribution in [2.45, 2.75) is 20.0 Å². The standard InChI is InChI=1S/C13H13N3O6/c1-7(12-14-8(2)15-22-12)21-13(17)10-6-9(16(18)19)4-5-11(10)20-3/h4-7H,1-3H3. The van der Waals surface area contributed by atoms with Crippen LogP contribution in [0.3, 0.4) is 0 Å². The van der Waals surface area contributed by atoms with Crippen molar-refractivity contribution < 1.29 is 23.7 Å². The maximum Gasteiger partial charge on any atom is 0.342 e. The van der Waals surface area contributed by atoms with E-state index >= 15 is 0 Å². The third kappa shape index (κ3) is 3.19. The first kappa shape index (κ1) is 15.4. The van der Waals surface area contributed by atoms with Crippen molar-refractivity contribution in [1.82, 2.24) is 10.1 Å². The van der Waals surface area contributed by atoms with Crippen LogP contribution in [0.25, 0.3) is 0 Å². The Balaban J connectivity index is 2.24. The van der Waals surface area contributed by atoms with E-state index in [1.807, 2.05) is 0 Å². The van der Waals surface area contributed by atoms with Crippen LogP contribution in [0.2, 0.25) is 0 Å². The number of carbonyl (C=O) groups excluding carboxylic acids is 1. The molecule has 1 aromatic carbocycles. The van der Waals surface area contributed by atoms with Gasteiger partial charge in [0.05, 0.1) is 12.0 Å². The van der Waals surface area contributed by atoms with Gasteiger partial charge in [0, 0.05) is 12.1 Å². The zero-order valence-electron chi connectivity index (χ0n) is 12.1. The number of hydrogen-bond donors (Lipinski definition) is 0. The van der Waals surface area contributed by atoms with Crippen LogP contribution in [-0.4, -0.2) is 28.1 Å². The SMILES string of the molecule is COc1ccc([N+](=O)[O-])cc1C(=O)OC(C)c1nc(C)no1. The molecule has 0 saturated heterocycles. The zero-order valence-corrected chi connectivity index (χ0v) is 12.1. The monoisotopic (exact) mass is 307 g/mol. The topological polar surface area (TPSA) is 118 Å². The smallest absolute Gasteiger partial charge is 0.342 e. The number of aromatic nitrogens is 2. The van der Waals surface area contributed by atoms with Gasteiger partial charge in [-0.05, 0) is 19.9 Å². The van der Waals surface area contributed by atoms with Crippen LogP contribution in [0.5, 0.6) is 5.75 Å². The Morgan fingerprint density at radius 3 is 2.73 bits per heavy atom. The average Bonchev–Trinajstić information content (AvgIpc) is 2.93. The van der Waals surface area contributed by atoms with E-state index in [4.69, 9.17) is 14.0 Å². The molecule has 0 N–H and O–H groups in total. The van der Waals surface area contributed by atoms with Gasteiger partial charge in [-0.1, -0.05) is 5.16 Å². The van der Waals surface area contributed by atoms with Gasteiger partial charge < -0.3 is 14.0 Å². The molecule has 1 unspecified atom stereocenters. The van der Waals surface area contributed by atoms with Crippen molar-refractivity contribution in [3.05, 3.63) is 45.6 Å². The number of methoxy groups -OCH3 is 1. The first-order chi connectivity index (χ1) is 10.4. The van der Waals surface area contributed by atoms with E-state index in [9.17, 15) is 14.9 Å². The van der Waals surface area contributed by atoms with Gasteiger partial charge in [-0.2, -0.15) is 4.98 Å². The highest BCUT2D eigenvalue weighted by atomic mass is 16.6. The highest BCUT2D eigenvalue weighted by Crippen LogP contribution is 2.26. The maximum absolute atomic E-state index is 12.2. The lowest BCUT2D eigenvalue weighted by Gasteiger charge is -2.11. The molecular formula is C13H13N3O6. The van der Waals surface area contributed by atoms with Crippen molar-refractivity contribution in [1.29, 1.82) is 0 Å². The molecular weight excluding hydrogens is 294 g/mol. The van der Waals surface area contributed by atoms with E-state index in [1.54, 1.807) is 13.8 Å². The lowest BCUT2D eigenvalue weighted by atomic mass is 10.2. The van der Waals surface area contributed by atoms with Crippen molar-refractivity contribution in [2.24, 2.45) is 0 Å². The van der Waals surface area contributed by atoms with Gasteiger partial charge in [0.25, 0.3) is 11.6 Å². The number of esters is 1. The van der Waals surface area contributed by atoms with Crippen LogP contribution in [0.4, 0.5) is 5.69 Å². The molecule has 0 spiro atoms. The number of rotatable bonds is 5. The molecule has 0 amide bonds. The average molecular weight is 307 g/mol. The minimum Gasteiger partial charge on any atom is -0.496 e. The van der Waals surface area contributed by atoms with Crippen LogP contribution < -0.4 is 4.74 Å². The Morgan fingerprint density at radius 2 is 2.18 bits per heavy atom. The molecule has 0 aliphatic heterocycles. The van der Waals surface area contributed by atoms with E-state index < -0.39 is 17.0 Å². The summed E-state index contributed by atoms with van der Waals surface area (Å²) < 4.78 is 15.1. The van der Waals surface area contributed by atoms with Crippen molar-refractivity contribution in [3.8, 4) is 5.75 Å². The highest BCUT2D eigenvalue weighted by Gasteiger charge is 2.23. The second kappa shape index (κ2) is 6.20. The fourth-order valence-corrected chi connectivity index (χ4v) is 1.72. The van der Waals surface area contributed by atoms with E-state index in [1.165, 1.54) is 19.2 Å². The summed E-state index contributed by atoms with van der Waals surface area (Å²) >= 11 is 0. The molecule has 0 radical (unpaired) electrons. The van der Waals surface area contributed by atoms with Gasteiger partial charge >= 0.3 is 5.97 Å². The third-order valence-corrected chi connectivity index (χ3v) is 2.79. The number of carbonyl (C=O) groups is 1. The number of hydrogen-bond acceptors (Lipinski definition) is 8. The predicted molar refractivity (Wildman–Crippen MR) is 72.5 cm³/mol. The van der Waals surface area contributed by atoms with Gasteiger partial charge in [-0.15, -0.1) is 0 Å². The van der Waals surface area contributed by atoms with Crippen LogP contribution in [0, 0.1) is 17.0 Å². The molecule has 9 nitrogen and oxygen atoms in total. The van der Waals surface area contributed by atoms with E-state index in [0.717, 1.165) is 6.07 Å². The van der Waals surface area contributed by atoms with Gasteiger partial charge in [0.1, 0.15) is 11.3 Å². The van der Waals surface area contributed by atoms with Gasteiger partial charge in [-0.3, -0.25) is 10.1 Å². The molecule has 22 heavy (non-hydrogen) atoms. The Bertz CT molecular complexity index is 712. The van der Waals surface area contributed by atoms with E-state index in [0.29, 0.717) is 5.82 Å². The first-order valence-electron chi connectivity index (χ1n) is 6.26. The van der Waals surface area contributed by atoms with Crippen LogP contribution in [0.15, 0.2) is 22.7 Å². The number of nitrogens with zero attached hydrogens (tertiary/aromatic N) is 3. The third-order valence-electron chi connectivity index (χ3n) is 2.79. The van der Waals surface area contributed by atoms with Crippen LogP contribution in [0.1, 0.15) is 35.1 Å². The second-order valence-corrected chi connectivity index (χ2v) is 4.37. The molecule has 0 fully saturated rings. The fraction of sp³-hybridized carbons (Fsp3) is 0.308. The number of benzene rings is 1. The summed E-state index contributed by atoms with van der Waals surface area (Å²) in [7, 11) is 1.35. The Hall–Kier alpha value is -2.97. The Labute approximate surface area is 125 Å². The van der Waals surface area contributed by atoms with Gasteiger partial charge in [-0.25, -0.2) is 4.79 Å². The summed E-state index contributed by atoms with van der Waals surface area (Å²) in [4.78, 5) is 26.3. The summed E-state index contributed by atoms with van der Waals surface area (Å²) in [5.74, 6) is -0.0745. The molecule has 9 heteroatoms. The van der Waals surface area contributed by atoms with Crippen molar-refractivity contribution in [3.63, 3.8) is 0 Å². The largest absolute Gasteiger partial charge is 0.496 e.